The summed E-state index contributed by atoms with van der Waals surface area (Å²) >= 11 is 5.99. The maximum Gasteiger partial charge on any atom is 0.231 e. The number of nitriles is 1. The number of ether oxygens (including phenoxy) is 2. The highest BCUT2D eigenvalue weighted by Crippen LogP contribution is 2.40. The summed E-state index contributed by atoms with van der Waals surface area (Å²) in [6.07, 6.45) is 0. The Bertz CT molecular complexity index is 1060. The lowest BCUT2D eigenvalue weighted by molar-refractivity contribution is 0.174. The molecule has 5 nitrogen and oxygen atoms in total. The summed E-state index contributed by atoms with van der Waals surface area (Å²) in [6, 6.07) is 15.1. The van der Waals surface area contributed by atoms with Gasteiger partial charge in [-0.25, -0.2) is 4.98 Å². The number of anilines is 1. The van der Waals surface area contributed by atoms with Gasteiger partial charge in [0.15, 0.2) is 11.5 Å². The highest BCUT2D eigenvalue weighted by Gasteiger charge is 2.21. The van der Waals surface area contributed by atoms with Gasteiger partial charge in [-0.1, -0.05) is 29.8 Å². The van der Waals surface area contributed by atoms with Crippen LogP contribution in [0.25, 0.3) is 22.4 Å². The van der Waals surface area contributed by atoms with E-state index >= 15 is 0 Å². The molecule has 128 valence electrons. The molecule has 1 aliphatic heterocycles. The summed E-state index contributed by atoms with van der Waals surface area (Å²) in [5, 5.41) is 10.3. The first-order chi connectivity index (χ1) is 12.6. The van der Waals surface area contributed by atoms with Gasteiger partial charge in [0.05, 0.1) is 5.69 Å². The van der Waals surface area contributed by atoms with Crippen LogP contribution in [-0.4, -0.2) is 11.8 Å². The molecule has 3 aromatic rings. The molecule has 0 spiro atoms. The second-order valence-corrected chi connectivity index (χ2v) is 6.34. The number of aromatic nitrogens is 1. The smallest absolute Gasteiger partial charge is 0.231 e. The Morgan fingerprint density at radius 1 is 1.08 bits per heavy atom. The van der Waals surface area contributed by atoms with E-state index in [1.165, 1.54) is 0 Å². The van der Waals surface area contributed by atoms with Crippen molar-refractivity contribution in [3.63, 3.8) is 0 Å². The Morgan fingerprint density at radius 2 is 1.77 bits per heavy atom. The Balaban J connectivity index is 1.96. The Morgan fingerprint density at radius 3 is 2.50 bits per heavy atom. The zero-order chi connectivity index (χ0) is 18.3. The summed E-state index contributed by atoms with van der Waals surface area (Å²) in [7, 11) is 0. The Hall–Kier alpha value is -3.23. The molecule has 1 aliphatic rings. The lowest BCUT2D eigenvalue weighted by Crippen LogP contribution is -2.03. The van der Waals surface area contributed by atoms with E-state index in [1.54, 1.807) is 12.1 Å². The number of halogens is 1. The van der Waals surface area contributed by atoms with Crippen LogP contribution in [0.1, 0.15) is 11.1 Å². The lowest BCUT2D eigenvalue weighted by Gasteiger charge is -2.15. The lowest BCUT2D eigenvalue weighted by atomic mass is 9.92. The molecule has 26 heavy (non-hydrogen) atoms. The molecule has 0 unspecified atom stereocenters. The van der Waals surface area contributed by atoms with E-state index in [2.05, 4.69) is 11.1 Å². The Kier molecular flexibility index (Phi) is 3.90. The molecule has 1 aromatic heterocycles. The molecule has 0 aliphatic carbocycles. The molecular formula is C20H14ClN3O2. The molecule has 6 heteroatoms. The van der Waals surface area contributed by atoms with Crippen LogP contribution >= 0.6 is 11.6 Å². The number of fused-ring (bicyclic) bond motifs is 1. The van der Waals surface area contributed by atoms with Crippen molar-refractivity contribution in [2.75, 3.05) is 12.5 Å². The van der Waals surface area contributed by atoms with Gasteiger partial charge in [-0.3, -0.25) is 0 Å². The summed E-state index contributed by atoms with van der Waals surface area (Å²) in [5.41, 5.74) is 10.5. The van der Waals surface area contributed by atoms with Crippen LogP contribution in [0.4, 0.5) is 5.82 Å². The SMILES string of the molecule is Cc1c(-c2ccc(Cl)cc2)nc(N)c(C#N)c1-c1ccc2c(c1)OCO2. The number of nitrogens with zero attached hydrogens (tertiary/aromatic N) is 2. The molecule has 0 radical (unpaired) electrons. The summed E-state index contributed by atoms with van der Waals surface area (Å²) in [5.74, 6) is 1.52. The largest absolute Gasteiger partial charge is 0.454 e. The van der Waals surface area contributed by atoms with Gasteiger partial charge in [-0.05, 0) is 42.3 Å². The second kappa shape index (κ2) is 6.25. The highest BCUT2D eigenvalue weighted by atomic mass is 35.5. The van der Waals surface area contributed by atoms with E-state index in [-0.39, 0.29) is 12.6 Å². The summed E-state index contributed by atoms with van der Waals surface area (Å²) in [6.45, 7) is 2.12. The highest BCUT2D eigenvalue weighted by molar-refractivity contribution is 6.30. The topological polar surface area (TPSA) is 81.2 Å². The minimum absolute atomic E-state index is 0.190. The van der Waals surface area contributed by atoms with Crippen molar-refractivity contribution < 1.29 is 9.47 Å². The van der Waals surface area contributed by atoms with Gasteiger partial charge < -0.3 is 15.2 Å². The van der Waals surface area contributed by atoms with E-state index in [4.69, 9.17) is 26.8 Å². The van der Waals surface area contributed by atoms with Gasteiger partial charge in [-0.15, -0.1) is 0 Å². The van der Waals surface area contributed by atoms with E-state index in [0.717, 1.165) is 22.3 Å². The minimum Gasteiger partial charge on any atom is -0.454 e. The summed E-state index contributed by atoms with van der Waals surface area (Å²) < 4.78 is 10.8. The van der Waals surface area contributed by atoms with Crippen molar-refractivity contribution in [2.24, 2.45) is 0 Å². The van der Waals surface area contributed by atoms with Gasteiger partial charge in [-0.2, -0.15) is 5.26 Å². The average molecular weight is 364 g/mol. The molecule has 0 atom stereocenters. The molecule has 2 aromatic carbocycles. The first kappa shape index (κ1) is 16.2. The summed E-state index contributed by atoms with van der Waals surface area (Å²) in [4.78, 5) is 4.46. The standard InChI is InChI=1S/C20H14ClN3O2/c1-11-18(13-4-7-16-17(8-13)26-10-25-16)15(9-22)20(23)24-19(11)12-2-5-14(21)6-3-12/h2-8H,10H2,1H3,(H2,23,24). The van der Waals surface area contributed by atoms with Crippen molar-refractivity contribution >= 4 is 17.4 Å². The third-order valence-electron chi connectivity index (χ3n) is 4.36. The third-order valence-corrected chi connectivity index (χ3v) is 4.61. The van der Waals surface area contributed by atoms with Crippen molar-refractivity contribution in [3.8, 4) is 40.0 Å². The molecule has 0 saturated heterocycles. The number of hydrogen-bond acceptors (Lipinski definition) is 5. The van der Waals surface area contributed by atoms with E-state index in [0.29, 0.717) is 27.8 Å². The van der Waals surface area contributed by atoms with Gasteiger partial charge in [0.1, 0.15) is 17.5 Å². The molecule has 2 N–H and O–H groups in total. The fourth-order valence-corrected chi connectivity index (χ4v) is 3.24. The number of pyridine rings is 1. The van der Waals surface area contributed by atoms with Crippen LogP contribution in [0.5, 0.6) is 11.5 Å². The van der Waals surface area contributed by atoms with Crippen molar-refractivity contribution in [1.29, 1.82) is 5.26 Å². The van der Waals surface area contributed by atoms with Crippen LogP contribution in [0.3, 0.4) is 0 Å². The first-order valence-electron chi connectivity index (χ1n) is 7.94. The van der Waals surface area contributed by atoms with E-state index < -0.39 is 0 Å². The van der Waals surface area contributed by atoms with Crippen molar-refractivity contribution in [3.05, 3.63) is 58.6 Å². The van der Waals surface area contributed by atoms with Crippen LogP contribution in [0.2, 0.25) is 5.02 Å². The minimum atomic E-state index is 0.190. The number of nitrogen functional groups attached to an aromatic ring is 1. The predicted octanol–water partition coefficient (Wildman–Crippen LogP) is 4.56. The molecule has 0 bridgehead atoms. The molecule has 4 rings (SSSR count). The zero-order valence-electron chi connectivity index (χ0n) is 13.9. The van der Waals surface area contributed by atoms with Crippen LogP contribution < -0.4 is 15.2 Å². The van der Waals surface area contributed by atoms with Gasteiger partial charge in [0.25, 0.3) is 0 Å². The molecule has 0 amide bonds. The fraction of sp³-hybridized carbons (Fsp3) is 0.100. The first-order valence-corrected chi connectivity index (χ1v) is 8.32. The normalized spacial score (nSPS) is 12.0. The third kappa shape index (κ3) is 2.61. The number of hydrogen-bond donors (Lipinski definition) is 1. The molecule has 0 fully saturated rings. The number of benzene rings is 2. The maximum atomic E-state index is 9.63. The quantitative estimate of drug-likeness (QED) is 0.721. The molecular weight excluding hydrogens is 350 g/mol. The average Bonchev–Trinajstić information content (AvgIpc) is 3.11. The van der Waals surface area contributed by atoms with E-state index in [1.807, 2.05) is 37.3 Å². The monoisotopic (exact) mass is 363 g/mol. The fourth-order valence-electron chi connectivity index (χ4n) is 3.11. The van der Waals surface area contributed by atoms with Gasteiger partial charge >= 0.3 is 0 Å². The molecule has 2 heterocycles. The van der Waals surface area contributed by atoms with Crippen molar-refractivity contribution in [1.82, 2.24) is 4.98 Å². The van der Waals surface area contributed by atoms with E-state index in [9.17, 15) is 5.26 Å². The van der Waals surface area contributed by atoms with Crippen LogP contribution in [-0.2, 0) is 0 Å². The van der Waals surface area contributed by atoms with Gasteiger partial charge in [0, 0.05) is 16.1 Å². The van der Waals surface area contributed by atoms with Crippen LogP contribution in [0.15, 0.2) is 42.5 Å². The number of rotatable bonds is 2. The predicted molar refractivity (Wildman–Crippen MR) is 100 cm³/mol. The van der Waals surface area contributed by atoms with Crippen LogP contribution in [0, 0.1) is 18.3 Å². The zero-order valence-corrected chi connectivity index (χ0v) is 14.7. The van der Waals surface area contributed by atoms with Gasteiger partial charge in [0.2, 0.25) is 6.79 Å². The second-order valence-electron chi connectivity index (χ2n) is 5.91. The Labute approximate surface area is 155 Å². The van der Waals surface area contributed by atoms with Crippen molar-refractivity contribution in [2.45, 2.75) is 6.92 Å². The molecule has 0 saturated carbocycles. The number of nitrogens with two attached hydrogens (primary N) is 1. The maximum absolute atomic E-state index is 9.63.